The predicted octanol–water partition coefficient (Wildman–Crippen LogP) is 4.82. The first kappa shape index (κ1) is 19.8. The third kappa shape index (κ3) is 4.46. The van der Waals surface area contributed by atoms with Crippen molar-refractivity contribution < 1.29 is 14.3 Å². The van der Waals surface area contributed by atoms with Crippen molar-refractivity contribution in [2.75, 3.05) is 12.4 Å². The molecule has 0 aliphatic heterocycles. The monoisotopic (exact) mass is 394 g/mol. The van der Waals surface area contributed by atoms with Crippen molar-refractivity contribution in [1.29, 1.82) is 0 Å². The quantitative estimate of drug-likeness (QED) is 0.609. The van der Waals surface area contributed by atoms with E-state index >= 15 is 0 Å². The molecule has 144 valence electrons. The van der Waals surface area contributed by atoms with Gasteiger partial charge in [0.15, 0.2) is 10.9 Å². The van der Waals surface area contributed by atoms with Crippen LogP contribution in [0.1, 0.15) is 34.0 Å². The van der Waals surface area contributed by atoms with Crippen molar-refractivity contribution >= 4 is 28.2 Å². The fraction of sp³-hybridized carbons (Fsp3) is 0.227. The highest BCUT2D eigenvalue weighted by Gasteiger charge is 2.13. The summed E-state index contributed by atoms with van der Waals surface area (Å²) in [5.74, 6) is 0.317. The molecule has 6 heteroatoms. The number of thiazole rings is 1. The Labute approximate surface area is 168 Å². The Morgan fingerprint density at radius 3 is 2.57 bits per heavy atom. The number of carbonyl (C=O) groups is 2. The Morgan fingerprint density at radius 2 is 1.89 bits per heavy atom. The van der Waals surface area contributed by atoms with Gasteiger partial charge in [0.05, 0.1) is 19.2 Å². The number of methoxy groups -OCH3 is 1. The highest BCUT2D eigenvalue weighted by Crippen LogP contribution is 2.27. The van der Waals surface area contributed by atoms with Crippen molar-refractivity contribution in [2.45, 2.75) is 27.2 Å². The third-order valence-corrected chi connectivity index (χ3v) is 5.35. The number of ketones is 1. The largest absolute Gasteiger partial charge is 0.496 e. The molecule has 0 saturated heterocycles. The first-order valence-corrected chi connectivity index (χ1v) is 9.76. The van der Waals surface area contributed by atoms with Gasteiger partial charge in [-0.05, 0) is 56.2 Å². The molecular weight excluding hydrogens is 372 g/mol. The lowest BCUT2D eigenvalue weighted by Gasteiger charge is -2.09. The number of nitrogens with zero attached hydrogens (tertiary/aromatic N) is 1. The number of ether oxygens (including phenoxy) is 1. The van der Waals surface area contributed by atoms with Gasteiger partial charge < -0.3 is 10.1 Å². The van der Waals surface area contributed by atoms with E-state index < -0.39 is 0 Å². The molecule has 1 amide bonds. The van der Waals surface area contributed by atoms with Crippen LogP contribution in [0, 0.1) is 13.8 Å². The summed E-state index contributed by atoms with van der Waals surface area (Å²) in [6.45, 7) is 5.63. The number of rotatable bonds is 6. The number of Topliss-reactive ketones (excluding diaryl/α,β-unsaturated/α-hetero) is 1. The van der Waals surface area contributed by atoms with Gasteiger partial charge in [-0.1, -0.05) is 12.1 Å². The van der Waals surface area contributed by atoms with Crippen molar-refractivity contribution in [2.24, 2.45) is 0 Å². The molecule has 0 fully saturated rings. The third-order valence-electron chi connectivity index (χ3n) is 4.59. The van der Waals surface area contributed by atoms with Gasteiger partial charge in [0.25, 0.3) is 0 Å². The van der Waals surface area contributed by atoms with E-state index in [0.29, 0.717) is 22.0 Å². The molecule has 0 radical (unpaired) electrons. The summed E-state index contributed by atoms with van der Waals surface area (Å²) in [6.07, 6.45) is 0.100. The highest BCUT2D eigenvalue weighted by molar-refractivity contribution is 7.14. The van der Waals surface area contributed by atoms with Crippen LogP contribution in [0.5, 0.6) is 5.75 Å². The van der Waals surface area contributed by atoms with E-state index in [0.717, 1.165) is 11.3 Å². The number of aromatic nitrogens is 1. The van der Waals surface area contributed by atoms with Crippen LogP contribution in [0.2, 0.25) is 0 Å². The van der Waals surface area contributed by atoms with Crippen LogP contribution in [0.15, 0.2) is 41.8 Å². The fourth-order valence-electron chi connectivity index (χ4n) is 2.84. The van der Waals surface area contributed by atoms with E-state index in [4.69, 9.17) is 4.74 Å². The van der Waals surface area contributed by atoms with E-state index in [1.54, 1.807) is 25.3 Å². The van der Waals surface area contributed by atoms with E-state index in [2.05, 4.69) is 36.3 Å². The van der Waals surface area contributed by atoms with Crippen LogP contribution in [-0.4, -0.2) is 23.8 Å². The molecule has 3 rings (SSSR count). The van der Waals surface area contributed by atoms with Gasteiger partial charge >= 0.3 is 0 Å². The van der Waals surface area contributed by atoms with E-state index in [1.807, 2.05) is 11.4 Å². The van der Waals surface area contributed by atoms with Gasteiger partial charge in [-0.2, -0.15) is 0 Å². The number of amides is 1. The lowest BCUT2D eigenvalue weighted by molar-refractivity contribution is -0.115. The van der Waals surface area contributed by atoms with E-state index in [-0.39, 0.29) is 18.1 Å². The van der Waals surface area contributed by atoms with Gasteiger partial charge in [-0.25, -0.2) is 4.98 Å². The Morgan fingerprint density at radius 1 is 1.11 bits per heavy atom. The second kappa shape index (κ2) is 8.35. The molecule has 0 bridgehead atoms. The van der Waals surface area contributed by atoms with Crippen LogP contribution in [0.3, 0.4) is 0 Å². The maximum absolute atomic E-state index is 12.5. The summed E-state index contributed by atoms with van der Waals surface area (Å²) >= 11 is 1.38. The van der Waals surface area contributed by atoms with Gasteiger partial charge in [-0.15, -0.1) is 11.3 Å². The minimum absolute atomic E-state index is 0.0535. The fourth-order valence-corrected chi connectivity index (χ4v) is 3.57. The molecule has 0 unspecified atom stereocenters. The molecule has 28 heavy (non-hydrogen) atoms. The Balaban J connectivity index is 1.74. The lowest BCUT2D eigenvalue weighted by Crippen LogP contribution is -2.15. The Hall–Kier alpha value is -2.99. The Kier molecular flexibility index (Phi) is 5.90. The van der Waals surface area contributed by atoms with Crippen LogP contribution in [0.4, 0.5) is 5.13 Å². The molecule has 0 saturated carbocycles. The molecule has 2 aromatic carbocycles. The zero-order chi connectivity index (χ0) is 20.3. The lowest BCUT2D eigenvalue weighted by atomic mass is 10.0. The first-order chi connectivity index (χ1) is 13.4. The van der Waals surface area contributed by atoms with Crippen LogP contribution >= 0.6 is 11.3 Å². The molecule has 0 atom stereocenters. The SMILES string of the molecule is COc1ccc(C(C)=O)cc1CC(=O)Nc1nc(-c2ccc(C)c(C)c2)cs1. The molecular formula is C22H22N2O3S. The second-order valence-corrected chi connectivity index (χ2v) is 7.50. The minimum atomic E-state index is -0.208. The Bertz CT molecular complexity index is 1040. The number of aryl methyl sites for hydroxylation is 2. The number of hydrogen-bond acceptors (Lipinski definition) is 5. The summed E-state index contributed by atoms with van der Waals surface area (Å²) in [4.78, 5) is 28.6. The van der Waals surface area contributed by atoms with Crippen molar-refractivity contribution in [3.05, 3.63) is 64.0 Å². The van der Waals surface area contributed by atoms with Gasteiger partial charge in [0, 0.05) is 22.1 Å². The van der Waals surface area contributed by atoms with Crippen LogP contribution in [-0.2, 0) is 11.2 Å². The summed E-state index contributed by atoms with van der Waals surface area (Å²) in [5.41, 5.74) is 5.51. The first-order valence-electron chi connectivity index (χ1n) is 8.88. The molecule has 1 aromatic heterocycles. The maximum atomic E-state index is 12.5. The molecule has 0 aliphatic carbocycles. The molecule has 5 nitrogen and oxygen atoms in total. The van der Waals surface area contributed by atoms with Crippen molar-refractivity contribution in [1.82, 2.24) is 4.98 Å². The zero-order valence-electron chi connectivity index (χ0n) is 16.3. The van der Waals surface area contributed by atoms with E-state index in [9.17, 15) is 9.59 Å². The topological polar surface area (TPSA) is 68.3 Å². The zero-order valence-corrected chi connectivity index (χ0v) is 17.1. The van der Waals surface area contributed by atoms with Crippen molar-refractivity contribution in [3.8, 4) is 17.0 Å². The van der Waals surface area contributed by atoms with Gasteiger partial charge in [0.2, 0.25) is 5.91 Å². The molecule has 0 spiro atoms. The average Bonchev–Trinajstić information content (AvgIpc) is 3.12. The molecule has 3 aromatic rings. The van der Waals surface area contributed by atoms with E-state index in [1.165, 1.54) is 29.4 Å². The second-order valence-electron chi connectivity index (χ2n) is 6.64. The standard InChI is InChI=1S/C22H22N2O3S/c1-13-5-6-17(9-14(13)2)19-12-28-22(23-19)24-21(26)11-18-10-16(15(3)25)7-8-20(18)27-4/h5-10,12H,11H2,1-4H3,(H,23,24,26). The molecule has 1 heterocycles. The minimum Gasteiger partial charge on any atom is -0.496 e. The smallest absolute Gasteiger partial charge is 0.230 e. The van der Waals surface area contributed by atoms with Gasteiger partial charge in [0.1, 0.15) is 5.75 Å². The predicted molar refractivity (Wildman–Crippen MR) is 112 cm³/mol. The molecule has 0 aliphatic rings. The number of benzene rings is 2. The number of nitrogens with one attached hydrogen (secondary N) is 1. The maximum Gasteiger partial charge on any atom is 0.230 e. The van der Waals surface area contributed by atoms with Crippen LogP contribution in [0.25, 0.3) is 11.3 Å². The van der Waals surface area contributed by atoms with Crippen molar-refractivity contribution in [3.63, 3.8) is 0 Å². The normalized spacial score (nSPS) is 10.6. The number of hydrogen-bond donors (Lipinski definition) is 1. The molecule has 1 N–H and O–H groups in total. The number of carbonyl (C=O) groups excluding carboxylic acids is 2. The summed E-state index contributed by atoms with van der Waals surface area (Å²) < 4.78 is 5.31. The average molecular weight is 394 g/mol. The van der Waals surface area contributed by atoms with Gasteiger partial charge in [-0.3, -0.25) is 9.59 Å². The highest BCUT2D eigenvalue weighted by atomic mass is 32.1. The summed E-state index contributed by atoms with van der Waals surface area (Å²) in [6, 6.07) is 11.3. The number of anilines is 1. The van der Waals surface area contributed by atoms with Crippen LogP contribution < -0.4 is 10.1 Å². The summed E-state index contributed by atoms with van der Waals surface area (Å²) in [5, 5.41) is 5.30. The summed E-state index contributed by atoms with van der Waals surface area (Å²) in [7, 11) is 1.54.